The molecule has 180 valence electrons. The van der Waals surface area contributed by atoms with Crippen molar-refractivity contribution in [1.82, 2.24) is 0 Å². The van der Waals surface area contributed by atoms with Crippen molar-refractivity contribution in [2.24, 2.45) is 11.1 Å². The second kappa shape index (κ2) is 9.74. The molecular formula is C28H39FN2O2. The summed E-state index contributed by atoms with van der Waals surface area (Å²) in [7, 11) is 0. The van der Waals surface area contributed by atoms with Crippen LogP contribution in [0.15, 0.2) is 24.3 Å². The van der Waals surface area contributed by atoms with Gasteiger partial charge in [-0.05, 0) is 97.5 Å². The first-order valence-electron chi connectivity index (χ1n) is 12.1. The van der Waals surface area contributed by atoms with E-state index in [0.29, 0.717) is 12.3 Å². The highest BCUT2D eigenvalue weighted by Gasteiger charge is 2.33. The van der Waals surface area contributed by atoms with Gasteiger partial charge in [0.2, 0.25) is 5.91 Å². The fourth-order valence-electron chi connectivity index (χ4n) is 4.96. The van der Waals surface area contributed by atoms with E-state index < -0.39 is 0 Å². The summed E-state index contributed by atoms with van der Waals surface area (Å²) < 4.78 is 20.6. The van der Waals surface area contributed by atoms with E-state index in [-0.39, 0.29) is 29.2 Å². The summed E-state index contributed by atoms with van der Waals surface area (Å²) in [6.45, 7) is 15.8. The lowest BCUT2D eigenvalue weighted by Gasteiger charge is -2.32. The number of primary amides is 1. The van der Waals surface area contributed by atoms with Crippen LogP contribution in [-0.2, 0) is 17.8 Å². The lowest BCUT2D eigenvalue weighted by Crippen LogP contribution is -2.33. The summed E-state index contributed by atoms with van der Waals surface area (Å²) in [5, 5.41) is 0. The summed E-state index contributed by atoms with van der Waals surface area (Å²) in [4.78, 5) is 14.6. The topological polar surface area (TPSA) is 55.6 Å². The molecule has 0 radical (unpaired) electrons. The van der Waals surface area contributed by atoms with Gasteiger partial charge in [-0.15, -0.1) is 0 Å². The lowest BCUT2D eigenvalue weighted by molar-refractivity contribution is -0.121. The molecule has 2 aromatic rings. The van der Waals surface area contributed by atoms with Gasteiger partial charge in [-0.25, -0.2) is 4.39 Å². The van der Waals surface area contributed by atoms with Crippen molar-refractivity contribution in [3.05, 3.63) is 57.9 Å². The number of amides is 1. The Morgan fingerprint density at radius 2 is 1.79 bits per heavy atom. The quantitative estimate of drug-likeness (QED) is 0.566. The van der Waals surface area contributed by atoms with E-state index in [1.807, 2.05) is 19.9 Å². The summed E-state index contributed by atoms with van der Waals surface area (Å²) in [5.74, 6) is -0.592. The van der Waals surface area contributed by atoms with Crippen LogP contribution in [-0.4, -0.2) is 18.6 Å². The Hall–Kier alpha value is -2.56. The molecule has 1 amide bonds. The first-order chi connectivity index (χ1) is 15.4. The van der Waals surface area contributed by atoms with E-state index in [9.17, 15) is 9.18 Å². The van der Waals surface area contributed by atoms with Crippen LogP contribution < -0.4 is 15.4 Å². The van der Waals surface area contributed by atoms with Gasteiger partial charge in [0, 0.05) is 18.8 Å². The minimum absolute atomic E-state index is 0.0124. The first-order valence-corrected chi connectivity index (χ1v) is 12.1. The Balaban J connectivity index is 1.94. The molecule has 3 rings (SSSR count). The number of benzene rings is 2. The second-order valence-electron chi connectivity index (χ2n) is 10.6. The first kappa shape index (κ1) is 25.1. The normalized spacial score (nSPS) is 16.1. The highest BCUT2D eigenvalue weighted by molar-refractivity contribution is 5.84. The van der Waals surface area contributed by atoms with Crippen molar-refractivity contribution >= 4 is 11.6 Å². The van der Waals surface area contributed by atoms with Gasteiger partial charge in [-0.1, -0.05) is 27.7 Å². The molecule has 0 spiro atoms. The van der Waals surface area contributed by atoms with Crippen molar-refractivity contribution in [1.29, 1.82) is 0 Å². The van der Waals surface area contributed by atoms with E-state index in [1.165, 1.54) is 0 Å². The molecule has 2 atom stereocenters. The number of fused-ring (bicyclic) bond motifs is 1. The molecule has 0 saturated carbocycles. The predicted molar refractivity (Wildman–Crippen MR) is 133 cm³/mol. The molecule has 4 nitrogen and oxygen atoms in total. The van der Waals surface area contributed by atoms with E-state index in [4.69, 9.17) is 10.5 Å². The van der Waals surface area contributed by atoms with Crippen LogP contribution in [0.5, 0.6) is 5.75 Å². The molecule has 1 aliphatic rings. The van der Waals surface area contributed by atoms with Gasteiger partial charge in [0.25, 0.3) is 0 Å². The number of carbonyl (C=O) groups is 1. The molecule has 0 fully saturated rings. The molecule has 2 N–H and O–H groups in total. The number of nitrogens with zero attached hydrogens (tertiary/aromatic N) is 1. The number of halogens is 1. The smallest absolute Gasteiger partial charge is 0.225 e. The van der Waals surface area contributed by atoms with Crippen LogP contribution >= 0.6 is 0 Å². The monoisotopic (exact) mass is 454 g/mol. The fourth-order valence-corrected chi connectivity index (χ4v) is 4.96. The molecule has 1 heterocycles. The Labute approximate surface area is 198 Å². The largest absolute Gasteiger partial charge is 0.488 e. The molecule has 33 heavy (non-hydrogen) atoms. The SMILES string of the molecule is CCC(C)Oc1cc2c(cc1F)CN(c1cc(C)c(C(C(N)=O)C(C)(C)C)c(C)c1)CCC2. The molecule has 2 aromatic carbocycles. The number of rotatable bonds is 6. The maximum Gasteiger partial charge on any atom is 0.225 e. The number of hydrogen-bond donors (Lipinski definition) is 1. The zero-order chi connectivity index (χ0) is 24.5. The number of anilines is 1. The van der Waals surface area contributed by atoms with Crippen LogP contribution in [0.4, 0.5) is 10.1 Å². The molecular weight excluding hydrogens is 415 g/mol. The predicted octanol–water partition coefficient (Wildman–Crippen LogP) is 6.19. The third-order valence-electron chi connectivity index (χ3n) is 6.78. The Kier molecular flexibility index (Phi) is 7.40. The maximum atomic E-state index is 14.8. The highest BCUT2D eigenvalue weighted by Crippen LogP contribution is 2.40. The van der Waals surface area contributed by atoms with Crippen molar-refractivity contribution in [2.75, 3.05) is 11.4 Å². The molecule has 2 unspecified atom stereocenters. The maximum absolute atomic E-state index is 14.8. The number of ether oxygens (including phenoxy) is 1. The summed E-state index contributed by atoms with van der Waals surface area (Å²) in [6.07, 6.45) is 2.70. The lowest BCUT2D eigenvalue weighted by atomic mass is 9.73. The summed E-state index contributed by atoms with van der Waals surface area (Å²) in [6, 6.07) is 7.82. The molecule has 0 bridgehead atoms. The number of nitrogens with two attached hydrogens (primary N) is 1. The zero-order valence-electron chi connectivity index (χ0n) is 21.2. The standard InChI is InChI=1S/C28H39FN2O2/c1-8-19(4)33-24-15-20-10-9-11-31(16-21(20)14-23(24)29)22-12-17(2)25(18(3)13-22)26(27(30)32)28(5,6)7/h12-15,19,26H,8-11,16H2,1-7H3,(H2,30,32). The molecule has 1 aliphatic heterocycles. The van der Waals surface area contributed by atoms with Crippen LogP contribution in [0, 0.1) is 25.1 Å². The molecule has 0 aromatic heterocycles. The van der Waals surface area contributed by atoms with Crippen LogP contribution in [0.25, 0.3) is 0 Å². The van der Waals surface area contributed by atoms with E-state index in [1.54, 1.807) is 6.07 Å². The van der Waals surface area contributed by atoms with Gasteiger partial charge >= 0.3 is 0 Å². The summed E-state index contributed by atoms with van der Waals surface area (Å²) in [5.41, 5.74) is 12.0. The van der Waals surface area contributed by atoms with E-state index >= 15 is 0 Å². The third kappa shape index (κ3) is 5.51. The average molecular weight is 455 g/mol. The van der Waals surface area contributed by atoms with Gasteiger partial charge < -0.3 is 15.4 Å². The Morgan fingerprint density at radius 3 is 2.33 bits per heavy atom. The minimum Gasteiger partial charge on any atom is -0.488 e. The van der Waals surface area contributed by atoms with Crippen molar-refractivity contribution in [2.45, 2.75) is 86.3 Å². The van der Waals surface area contributed by atoms with Gasteiger partial charge in [-0.3, -0.25) is 4.79 Å². The van der Waals surface area contributed by atoms with Crippen LogP contribution in [0.1, 0.15) is 81.2 Å². The van der Waals surface area contributed by atoms with Gasteiger partial charge in [0.1, 0.15) is 0 Å². The molecule has 0 aliphatic carbocycles. The van der Waals surface area contributed by atoms with Gasteiger partial charge in [-0.2, -0.15) is 0 Å². The van der Waals surface area contributed by atoms with Gasteiger partial charge in [0.05, 0.1) is 12.0 Å². The molecule has 0 saturated heterocycles. The van der Waals surface area contributed by atoms with Crippen LogP contribution in [0.2, 0.25) is 0 Å². The van der Waals surface area contributed by atoms with Crippen molar-refractivity contribution < 1.29 is 13.9 Å². The second-order valence-corrected chi connectivity index (χ2v) is 10.6. The summed E-state index contributed by atoms with van der Waals surface area (Å²) >= 11 is 0. The number of hydrogen-bond acceptors (Lipinski definition) is 3. The number of aryl methyl sites for hydroxylation is 3. The third-order valence-corrected chi connectivity index (χ3v) is 6.78. The Morgan fingerprint density at radius 1 is 1.15 bits per heavy atom. The average Bonchev–Trinajstić information content (AvgIpc) is 2.91. The van der Waals surface area contributed by atoms with Crippen molar-refractivity contribution in [3.8, 4) is 5.75 Å². The van der Waals surface area contributed by atoms with Crippen LogP contribution in [0.3, 0.4) is 0 Å². The fraction of sp³-hybridized carbons (Fsp3) is 0.536. The van der Waals surface area contributed by atoms with E-state index in [0.717, 1.165) is 59.3 Å². The van der Waals surface area contributed by atoms with Gasteiger partial charge in [0.15, 0.2) is 11.6 Å². The van der Waals surface area contributed by atoms with E-state index in [2.05, 4.69) is 51.7 Å². The minimum atomic E-state index is -0.352. The molecule has 5 heteroatoms. The highest BCUT2D eigenvalue weighted by atomic mass is 19.1. The zero-order valence-corrected chi connectivity index (χ0v) is 21.2. The number of carbonyl (C=O) groups excluding carboxylic acids is 1. The van der Waals surface area contributed by atoms with Crippen molar-refractivity contribution in [3.63, 3.8) is 0 Å². The Bertz CT molecular complexity index is 1000.